The fraction of sp³-hybridized carbons (Fsp3) is 0.654. The zero-order valence-corrected chi connectivity index (χ0v) is 17.8. The van der Waals surface area contributed by atoms with Crippen molar-refractivity contribution < 1.29 is 4.79 Å². The summed E-state index contributed by atoms with van der Waals surface area (Å²) in [6.07, 6.45) is 18.6. The molecule has 3 rings (SSSR count). The van der Waals surface area contributed by atoms with Gasteiger partial charge in [0.15, 0.2) is 0 Å². The fourth-order valence-electron chi connectivity index (χ4n) is 6.53. The minimum Gasteiger partial charge on any atom is -0.299 e. The highest BCUT2D eigenvalue weighted by Crippen LogP contribution is 2.59. The SMILES string of the molecule is C=C1/C(=C\C=C2/CCC[C@]3(C)C([C@H](C)/C=C/C=O)CC[C@@H]23)C[C@@H](C)C[C@@H]1C. The minimum atomic E-state index is 0.388. The van der Waals surface area contributed by atoms with Gasteiger partial charge in [0.25, 0.3) is 0 Å². The Morgan fingerprint density at radius 2 is 2.00 bits per heavy atom. The highest BCUT2D eigenvalue weighted by Gasteiger charge is 2.50. The van der Waals surface area contributed by atoms with Crippen molar-refractivity contribution in [2.24, 2.45) is 35.0 Å². The van der Waals surface area contributed by atoms with Crippen LogP contribution in [0.1, 0.15) is 72.6 Å². The summed E-state index contributed by atoms with van der Waals surface area (Å²) in [5, 5.41) is 0. The first-order chi connectivity index (χ1) is 12.9. The van der Waals surface area contributed by atoms with Crippen LogP contribution in [0.15, 0.2) is 47.6 Å². The molecule has 0 aromatic rings. The Morgan fingerprint density at radius 1 is 1.22 bits per heavy atom. The summed E-state index contributed by atoms with van der Waals surface area (Å²) in [6, 6.07) is 0. The smallest absolute Gasteiger partial charge is 0.142 e. The van der Waals surface area contributed by atoms with Crippen LogP contribution in [0.2, 0.25) is 0 Å². The van der Waals surface area contributed by atoms with E-state index in [1.54, 1.807) is 11.6 Å². The maximum Gasteiger partial charge on any atom is 0.142 e. The van der Waals surface area contributed by atoms with Crippen molar-refractivity contribution >= 4 is 6.29 Å². The lowest BCUT2D eigenvalue weighted by Gasteiger charge is -2.44. The molecule has 3 fully saturated rings. The number of carbonyl (C=O) groups is 1. The Bertz CT molecular complexity index is 664. The number of rotatable bonds is 4. The van der Waals surface area contributed by atoms with E-state index < -0.39 is 0 Å². The van der Waals surface area contributed by atoms with E-state index in [1.807, 2.05) is 0 Å². The number of fused-ring (bicyclic) bond motifs is 1. The van der Waals surface area contributed by atoms with Crippen LogP contribution in [0.4, 0.5) is 0 Å². The maximum atomic E-state index is 10.7. The van der Waals surface area contributed by atoms with Gasteiger partial charge in [-0.05, 0) is 97.2 Å². The van der Waals surface area contributed by atoms with Gasteiger partial charge in [-0.2, -0.15) is 0 Å². The van der Waals surface area contributed by atoms with Crippen molar-refractivity contribution in [2.75, 3.05) is 0 Å². The largest absolute Gasteiger partial charge is 0.299 e. The van der Waals surface area contributed by atoms with Crippen LogP contribution < -0.4 is 0 Å². The fourth-order valence-corrected chi connectivity index (χ4v) is 6.53. The molecule has 0 saturated heterocycles. The molecule has 0 radical (unpaired) electrons. The van der Waals surface area contributed by atoms with Crippen LogP contribution in [-0.4, -0.2) is 6.29 Å². The topological polar surface area (TPSA) is 17.1 Å². The Hall–Kier alpha value is -1.37. The van der Waals surface area contributed by atoms with Gasteiger partial charge < -0.3 is 0 Å². The quantitative estimate of drug-likeness (QED) is 0.384. The molecule has 0 aliphatic heterocycles. The van der Waals surface area contributed by atoms with Gasteiger partial charge in [-0.3, -0.25) is 4.79 Å². The van der Waals surface area contributed by atoms with Crippen molar-refractivity contribution in [3.8, 4) is 0 Å². The third kappa shape index (κ3) is 4.08. The predicted octanol–water partition coefficient (Wildman–Crippen LogP) is 7.07. The van der Waals surface area contributed by atoms with Crippen molar-refractivity contribution in [1.82, 2.24) is 0 Å². The van der Waals surface area contributed by atoms with E-state index in [0.29, 0.717) is 29.1 Å². The minimum absolute atomic E-state index is 0.388. The molecular formula is C26H38O. The molecule has 0 N–H and O–H groups in total. The molecule has 6 atom stereocenters. The van der Waals surface area contributed by atoms with Gasteiger partial charge in [0.1, 0.15) is 6.29 Å². The molecule has 0 aromatic carbocycles. The van der Waals surface area contributed by atoms with Crippen LogP contribution in [0.5, 0.6) is 0 Å². The summed E-state index contributed by atoms with van der Waals surface area (Å²) in [5.41, 5.74) is 4.90. The molecule has 1 nitrogen and oxygen atoms in total. The number of carbonyl (C=O) groups excluding carboxylic acids is 1. The molecule has 27 heavy (non-hydrogen) atoms. The molecule has 0 aromatic heterocycles. The molecule has 0 spiro atoms. The van der Waals surface area contributed by atoms with E-state index in [4.69, 9.17) is 0 Å². The summed E-state index contributed by atoms with van der Waals surface area (Å²) in [4.78, 5) is 10.7. The lowest BCUT2D eigenvalue weighted by Crippen LogP contribution is -2.35. The molecule has 0 bridgehead atoms. The van der Waals surface area contributed by atoms with Gasteiger partial charge in [-0.15, -0.1) is 0 Å². The first kappa shape index (κ1) is 20.4. The molecule has 1 unspecified atom stereocenters. The average molecular weight is 367 g/mol. The van der Waals surface area contributed by atoms with Crippen molar-refractivity contribution in [2.45, 2.75) is 72.6 Å². The van der Waals surface area contributed by atoms with Crippen LogP contribution in [-0.2, 0) is 4.79 Å². The highest BCUT2D eigenvalue weighted by atomic mass is 16.1. The third-order valence-electron chi connectivity index (χ3n) is 8.00. The second-order valence-electron chi connectivity index (χ2n) is 9.88. The molecule has 3 aliphatic carbocycles. The van der Waals surface area contributed by atoms with E-state index in [-0.39, 0.29) is 0 Å². The average Bonchev–Trinajstić information content (AvgIpc) is 2.99. The zero-order chi connectivity index (χ0) is 19.6. The van der Waals surface area contributed by atoms with E-state index in [1.165, 1.54) is 56.1 Å². The monoisotopic (exact) mass is 366 g/mol. The highest BCUT2D eigenvalue weighted by molar-refractivity contribution is 5.64. The molecule has 0 amide bonds. The van der Waals surface area contributed by atoms with Crippen LogP contribution in [0, 0.1) is 35.0 Å². The summed E-state index contributed by atoms with van der Waals surface area (Å²) in [5.74, 6) is 3.29. The van der Waals surface area contributed by atoms with Gasteiger partial charge in [0.05, 0.1) is 0 Å². The lowest BCUT2D eigenvalue weighted by atomic mass is 9.61. The molecule has 148 valence electrons. The van der Waals surface area contributed by atoms with Gasteiger partial charge in [-0.1, -0.05) is 58.1 Å². The summed E-state index contributed by atoms with van der Waals surface area (Å²) in [7, 11) is 0. The summed E-state index contributed by atoms with van der Waals surface area (Å²) < 4.78 is 0. The van der Waals surface area contributed by atoms with Crippen molar-refractivity contribution in [3.05, 3.63) is 47.6 Å². The molecule has 0 heterocycles. The molecular weight excluding hydrogens is 328 g/mol. The van der Waals surface area contributed by atoms with Crippen LogP contribution in [0.3, 0.4) is 0 Å². The summed E-state index contributed by atoms with van der Waals surface area (Å²) >= 11 is 0. The number of allylic oxidation sites excluding steroid dienone is 7. The Balaban J connectivity index is 1.81. The Kier molecular flexibility index (Phi) is 6.28. The number of hydrogen-bond acceptors (Lipinski definition) is 1. The Morgan fingerprint density at radius 3 is 2.74 bits per heavy atom. The van der Waals surface area contributed by atoms with Crippen molar-refractivity contribution in [1.29, 1.82) is 0 Å². The molecule has 1 heteroatoms. The second kappa shape index (κ2) is 8.33. The van der Waals surface area contributed by atoms with Gasteiger partial charge in [-0.25, -0.2) is 0 Å². The Labute approximate surface area is 166 Å². The van der Waals surface area contributed by atoms with Gasteiger partial charge in [0.2, 0.25) is 0 Å². The first-order valence-corrected chi connectivity index (χ1v) is 11.1. The maximum absolute atomic E-state index is 10.7. The molecule has 3 aliphatic rings. The van der Waals surface area contributed by atoms with Crippen LogP contribution >= 0.6 is 0 Å². The zero-order valence-electron chi connectivity index (χ0n) is 17.8. The second-order valence-corrected chi connectivity index (χ2v) is 9.88. The normalized spacial score (nSPS) is 41.3. The lowest BCUT2D eigenvalue weighted by molar-refractivity contribution is -0.104. The predicted molar refractivity (Wildman–Crippen MR) is 115 cm³/mol. The van der Waals surface area contributed by atoms with Gasteiger partial charge >= 0.3 is 0 Å². The standard InChI is InChI=1S/C26H38O/c1-18-16-20(3)21(4)23(17-18)11-10-22-9-6-14-26(5)24(12-13-25(22)26)19(2)8-7-15-27/h7-8,10-11,15,18-20,24-25H,4,6,9,12-14,16-17H2,1-3,5H3/b8-7+,22-10+,23-11-/t18-,19+,20-,24?,25-,26+/m0/s1. The van der Waals surface area contributed by atoms with Crippen molar-refractivity contribution in [3.63, 3.8) is 0 Å². The van der Waals surface area contributed by atoms with E-state index in [0.717, 1.165) is 12.2 Å². The third-order valence-corrected chi connectivity index (χ3v) is 8.00. The number of hydrogen-bond donors (Lipinski definition) is 0. The summed E-state index contributed by atoms with van der Waals surface area (Å²) in [6.45, 7) is 13.9. The van der Waals surface area contributed by atoms with E-state index in [2.05, 4.69) is 52.5 Å². The first-order valence-electron chi connectivity index (χ1n) is 11.1. The van der Waals surface area contributed by atoms with Crippen LogP contribution in [0.25, 0.3) is 0 Å². The van der Waals surface area contributed by atoms with E-state index >= 15 is 0 Å². The van der Waals surface area contributed by atoms with E-state index in [9.17, 15) is 4.79 Å². The molecule has 3 saturated carbocycles. The van der Waals surface area contributed by atoms with Gasteiger partial charge in [0, 0.05) is 0 Å². The number of aldehydes is 1.